The van der Waals surface area contributed by atoms with E-state index in [1.165, 1.54) is 4.90 Å². The molecule has 0 spiro atoms. The fourth-order valence-electron chi connectivity index (χ4n) is 7.89. The number of hydrogen-bond donors (Lipinski definition) is 2. The normalized spacial score (nSPS) is 19.3. The van der Waals surface area contributed by atoms with Crippen molar-refractivity contribution in [3.63, 3.8) is 0 Å². The van der Waals surface area contributed by atoms with Crippen LogP contribution >= 0.6 is 0 Å². The summed E-state index contributed by atoms with van der Waals surface area (Å²) in [6.45, 7) is 6.53. The van der Waals surface area contributed by atoms with Crippen LogP contribution < -0.4 is 10.4 Å². The average molecular weight is 804 g/mol. The molecular weight excluding hydrogens is 751 g/mol. The summed E-state index contributed by atoms with van der Waals surface area (Å²) in [4.78, 5) is 29.0. The average Bonchev–Trinajstić information content (AvgIpc) is 3.57. The number of hydrogen-bond acceptors (Lipinski definition) is 9. The fourth-order valence-corrected chi connectivity index (χ4v) is 12.5. The number of carbonyl (C=O) groups is 2. The zero-order valence-corrected chi connectivity index (χ0v) is 34.4. The van der Waals surface area contributed by atoms with Crippen LogP contribution in [0.1, 0.15) is 37.5 Å². The minimum Gasteiger partial charge on any atom is -0.467 e. The van der Waals surface area contributed by atoms with Gasteiger partial charge in [-0.1, -0.05) is 172 Å². The molecule has 0 bridgehead atoms. The maximum absolute atomic E-state index is 14.7. The SMILES string of the molecule is COC(=O)[C@H](O)[C@H](O)[C@@H]1[C@@H](OCc2ccccc2)[C@H](OCc2ccccc2)[C@H](CO[Si](c2ccccc2)(c2ccccc2)C(C)(C)C)N1C(=O)OCc1ccccc1. The third-order valence-corrected chi connectivity index (χ3v) is 15.7. The van der Waals surface area contributed by atoms with Gasteiger partial charge < -0.3 is 33.6 Å². The Labute approximate surface area is 342 Å². The number of rotatable bonds is 16. The molecule has 1 fully saturated rings. The Morgan fingerprint density at radius 1 is 0.638 bits per heavy atom. The van der Waals surface area contributed by atoms with E-state index < -0.39 is 61.9 Å². The summed E-state index contributed by atoms with van der Waals surface area (Å²) in [6.07, 6.45) is -6.75. The number of carbonyl (C=O) groups excluding carboxylic acids is 2. The van der Waals surface area contributed by atoms with Crippen LogP contribution in [0.4, 0.5) is 4.79 Å². The van der Waals surface area contributed by atoms with E-state index in [0.29, 0.717) is 0 Å². The zero-order chi connectivity index (χ0) is 41.1. The maximum Gasteiger partial charge on any atom is 0.410 e. The Morgan fingerprint density at radius 2 is 1.05 bits per heavy atom. The predicted molar refractivity (Wildman–Crippen MR) is 224 cm³/mol. The van der Waals surface area contributed by atoms with E-state index in [-0.39, 0.29) is 26.4 Å². The van der Waals surface area contributed by atoms with E-state index in [1.807, 2.05) is 127 Å². The first kappa shape index (κ1) is 42.5. The molecule has 304 valence electrons. The Morgan fingerprint density at radius 3 is 1.48 bits per heavy atom. The van der Waals surface area contributed by atoms with Crippen molar-refractivity contribution in [2.75, 3.05) is 13.7 Å². The second kappa shape index (κ2) is 19.5. The number of nitrogens with zero attached hydrogens (tertiary/aromatic N) is 1. The first-order valence-corrected chi connectivity index (χ1v) is 21.4. The van der Waals surface area contributed by atoms with Crippen molar-refractivity contribution in [1.29, 1.82) is 0 Å². The minimum absolute atomic E-state index is 0.0728. The van der Waals surface area contributed by atoms with Crippen LogP contribution in [0.5, 0.6) is 0 Å². The summed E-state index contributed by atoms with van der Waals surface area (Å²) in [5.41, 5.74) is 2.44. The van der Waals surface area contributed by atoms with Crippen LogP contribution in [-0.2, 0) is 48.0 Å². The van der Waals surface area contributed by atoms with E-state index in [9.17, 15) is 19.8 Å². The van der Waals surface area contributed by atoms with Gasteiger partial charge in [0.05, 0.1) is 39.0 Å². The molecular formula is C47H53NO9Si. The van der Waals surface area contributed by atoms with Gasteiger partial charge >= 0.3 is 12.1 Å². The highest BCUT2D eigenvalue weighted by Gasteiger charge is 2.59. The number of methoxy groups -OCH3 is 1. The molecule has 1 heterocycles. The predicted octanol–water partition coefficient (Wildman–Crippen LogP) is 6.02. The Kier molecular flexibility index (Phi) is 14.3. The Hall–Kier alpha value is -5.14. The molecule has 5 aromatic carbocycles. The molecule has 0 aliphatic carbocycles. The van der Waals surface area contributed by atoms with Crippen molar-refractivity contribution in [2.45, 2.75) is 82.1 Å². The van der Waals surface area contributed by atoms with Gasteiger partial charge in [-0.2, -0.15) is 0 Å². The van der Waals surface area contributed by atoms with E-state index in [0.717, 1.165) is 34.2 Å². The van der Waals surface area contributed by atoms with Crippen molar-refractivity contribution in [1.82, 2.24) is 4.90 Å². The molecule has 6 rings (SSSR count). The molecule has 0 radical (unpaired) electrons. The molecule has 1 aliphatic rings. The summed E-state index contributed by atoms with van der Waals surface area (Å²) >= 11 is 0. The number of likely N-dealkylation sites (tertiary alicyclic amines) is 1. The highest BCUT2D eigenvalue weighted by molar-refractivity contribution is 6.99. The highest BCUT2D eigenvalue weighted by atomic mass is 28.4. The Bertz CT molecular complexity index is 1980. The van der Waals surface area contributed by atoms with Gasteiger partial charge in [0, 0.05) is 0 Å². The lowest BCUT2D eigenvalue weighted by Gasteiger charge is -2.44. The van der Waals surface area contributed by atoms with Crippen LogP contribution in [0.25, 0.3) is 0 Å². The van der Waals surface area contributed by atoms with E-state index in [1.54, 1.807) is 0 Å². The van der Waals surface area contributed by atoms with Crippen LogP contribution in [-0.4, -0.2) is 85.7 Å². The van der Waals surface area contributed by atoms with Crippen LogP contribution in [0, 0.1) is 0 Å². The molecule has 10 nitrogen and oxygen atoms in total. The highest BCUT2D eigenvalue weighted by Crippen LogP contribution is 2.40. The third-order valence-electron chi connectivity index (χ3n) is 10.7. The summed E-state index contributed by atoms with van der Waals surface area (Å²) in [5.74, 6) is -1.07. The van der Waals surface area contributed by atoms with Crippen LogP contribution in [0.15, 0.2) is 152 Å². The lowest BCUT2D eigenvalue weighted by molar-refractivity contribution is -0.162. The summed E-state index contributed by atoms with van der Waals surface area (Å²) in [6, 6.07) is 46.3. The Balaban J connectivity index is 1.50. The number of aliphatic hydroxyl groups is 2. The summed E-state index contributed by atoms with van der Waals surface area (Å²) < 4.78 is 31.8. The standard InChI is InChI=1S/C47H53NO9Si/c1-47(2,3)58(37-26-16-8-17-27-37,38-28-18-9-19-29-38)57-33-39-43(54-30-34-20-10-5-11-21-34)44(55-31-35-22-12-6-13-23-35)40(41(49)42(50)45(51)53-4)48(39)46(52)56-32-36-24-14-7-15-25-36/h5-29,39-44,49-50H,30-33H2,1-4H3/t39-,40+,41+,42+,43+,44+/m0/s1. The van der Waals surface area contributed by atoms with E-state index in [4.69, 9.17) is 23.4 Å². The number of aliphatic hydroxyl groups excluding tert-OH is 2. The number of amides is 1. The number of ether oxygens (including phenoxy) is 4. The summed E-state index contributed by atoms with van der Waals surface area (Å²) in [7, 11) is -2.10. The zero-order valence-electron chi connectivity index (χ0n) is 33.4. The minimum atomic E-state index is -3.22. The smallest absolute Gasteiger partial charge is 0.410 e. The molecule has 1 amide bonds. The molecule has 6 atom stereocenters. The van der Waals surface area contributed by atoms with Crippen molar-refractivity contribution in [2.24, 2.45) is 0 Å². The van der Waals surface area contributed by atoms with Gasteiger partial charge in [0.1, 0.15) is 24.9 Å². The molecule has 11 heteroatoms. The summed E-state index contributed by atoms with van der Waals surface area (Å²) in [5, 5.41) is 25.0. The molecule has 5 aromatic rings. The van der Waals surface area contributed by atoms with Gasteiger partial charge in [-0.15, -0.1) is 0 Å². The molecule has 0 aromatic heterocycles. The molecule has 0 saturated carbocycles. The molecule has 1 saturated heterocycles. The first-order chi connectivity index (χ1) is 28.0. The maximum atomic E-state index is 14.7. The molecule has 58 heavy (non-hydrogen) atoms. The van der Waals surface area contributed by atoms with Crippen LogP contribution in [0.3, 0.4) is 0 Å². The van der Waals surface area contributed by atoms with Gasteiger partial charge in [0.25, 0.3) is 8.32 Å². The van der Waals surface area contributed by atoms with Gasteiger partial charge in [0.2, 0.25) is 0 Å². The largest absolute Gasteiger partial charge is 0.467 e. The van der Waals surface area contributed by atoms with E-state index in [2.05, 4.69) is 45.0 Å². The molecule has 1 aliphatic heterocycles. The van der Waals surface area contributed by atoms with Crippen molar-refractivity contribution in [3.8, 4) is 0 Å². The second-order valence-corrected chi connectivity index (χ2v) is 19.8. The van der Waals surface area contributed by atoms with E-state index >= 15 is 0 Å². The van der Waals surface area contributed by atoms with Crippen molar-refractivity contribution in [3.05, 3.63) is 168 Å². The van der Waals surface area contributed by atoms with Gasteiger partial charge in [-0.3, -0.25) is 4.90 Å². The third kappa shape index (κ3) is 9.58. The van der Waals surface area contributed by atoms with Crippen molar-refractivity contribution >= 4 is 30.8 Å². The topological polar surface area (TPSA) is 124 Å². The number of benzene rings is 5. The lowest BCUT2D eigenvalue weighted by Crippen LogP contribution is -2.67. The van der Waals surface area contributed by atoms with Crippen molar-refractivity contribution < 1.29 is 43.2 Å². The lowest BCUT2D eigenvalue weighted by atomic mass is 9.98. The van der Waals surface area contributed by atoms with Crippen LogP contribution in [0.2, 0.25) is 5.04 Å². The molecule has 0 unspecified atom stereocenters. The first-order valence-electron chi connectivity index (χ1n) is 19.5. The molecule has 2 N–H and O–H groups in total. The van der Waals surface area contributed by atoms with Gasteiger partial charge in [0.15, 0.2) is 6.10 Å². The second-order valence-electron chi connectivity index (χ2n) is 15.5. The number of esters is 1. The quantitative estimate of drug-likeness (QED) is 0.0912. The fraction of sp³-hybridized carbons (Fsp3) is 0.319. The van der Waals surface area contributed by atoms with Gasteiger partial charge in [-0.05, 0) is 32.1 Å². The van der Waals surface area contributed by atoms with Gasteiger partial charge in [-0.25, -0.2) is 9.59 Å². The monoisotopic (exact) mass is 803 g/mol.